The van der Waals surface area contributed by atoms with Crippen molar-refractivity contribution in [3.63, 3.8) is 0 Å². The van der Waals surface area contributed by atoms with Gasteiger partial charge in [-0.2, -0.15) is 0 Å². The van der Waals surface area contributed by atoms with E-state index < -0.39 is 11.3 Å². The Kier molecular flexibility index (Phi) is 6.40. The van der Waals surface area contributed by atoms with Crippen molar-refractivity contribution in [3.8, 4) is 0 Å². The van der Waals surface area contributed by atoms with Crippen LogP contribution in [0.2, 0.25) is 0 Å². The molecule has 2 heterocycles. The number of anilines is 1. The van der Waals surface area contributed by atoms with E-state index >= 15 is 0 Å². The van der Waals surface area contributed by atoms with Gasteiger partial charge in [0.1, 0.15) is 0 Å². The Hall–Kier alpha value is -2.77. The zero-order valence-electron chi connectivity index (χ0n) is 19.2. The lowest BCUT2D eigenvalue weighted by Gasteiger charge is -2.33. The molecule has 3 amide bonds. The number of rotatable bonds is 6. The molecule has 2 aliphatic rings. The van der Waals surface area contributed by atoms with Crippen LogP contribution < -0.4 is 4.90 Å². The van der Waals surface area contributed by atoms with Crippen LogP contribution in [0.3, 0.4) is 0 Å². The molecule has 7 heteroatoms. The van der Waals surface area contributed by atoms with Gasteiger partial charge in [-0.3, -0.25) is 19.3 Å². The SMILES string of the molecule is CCN1C(=O)C[C@H]([C@]2(Cc3ccc(Br)cc3)C(=O)N(Cc3ccccc3)c3cc(Br)ccc32)C1=O. The number of carbonyl (C=O) groups is 3. The Balaban J connectivity index is 1.69. The van der Waals surface area contributed by atoms with Gasteiger partial charge in [-0.25, -0.2) is 0 Å². The number of nitrogens with zero attached hydrogens (tertiary/aromatic N) is 2. The number of likely N-dealkylation sites (tertiary alicyclic amines) is 1. The Labute approximate surface area is 221 Å². The molecule has 3 aromatic carbocycles. The van der Waals surface area contributed by atoms with E-state index in [9.17, 15) is 14.4 Å². The zero-order valence-corrected chi connectivity index (χ0v) is 22.4. The summed E-state index contributed by atoms with van der Waals surface area (Å²) in [5.74, 6) is -1.38. The van der Waals surface area contributed by atoms with Gasteiger partial charge in [-0.1, -0.05) is 80.4 Å². The highest BCUT2D eigenvalue weighted by molar-refractivity contribution is 9.10. The van der Waals surface area contributed by atoms with E-state index in [1.807, 2.05) is 72.8 Å². The maximum atomic E-state index is 14.5. The van der Waals surface area contributed by atoms with E-state index in [4.69, 9.17) is 0 Å². The van der Waals surface area contributed by atoms with E-state index in [1.165, 1.54) is 4.90 Å². The molecule has 0 saturated carbocycles. The quantitative estimate of drug-likeness (QED) is 0.347. The van der Waals surface area contributed by atoms with E-state index in [2.05, 4.69) is 31.9 Å². The average Bonchev–Trinajstić information content (AvgIpc) is 3.26. The highest BCUT2D eigenvalue weighted by atomic mass is 79.9. The van der Waals surface area contributed by atoms with E-state index in [-0.39, 0.29) is 24.1 Å². The van der Waals surface area contributed by atoms with Crippen molar-refractivity contribution in [2.75, 3.05) is 11.4 Å². The number of fused-ring (bicyclic) bond motifs is 1. The Morgan fingerprint density at radius 3 is 2.20 bits per heavy atom. The monoisotopic (exact) mass is 594 g/mol. The molecule has 2 atom stereocenters. The molecule has 0 unspecified atom stereocenters. The lowest BCUT2D eigenvalue weighted by atomic mass is 9.66. The van der Waals surface area contributed by atoms with Gasteiger partial charge in [0, 0.05) is 27.6 Å². The Morgan fingerprint density at radius 2 is 1.54 bits per heavy atom. The molecule has 2 aliphatic heterocycles. The second kappa shape index (κ2) is 9.36. The number of halogens is 2. The molecule has 0 spiro atoms. The van der Waals surface area contributed by atoms with E-state index in [1.54, 1.807) is 11.8 Å². The van der Waals surface area contributed by atoms with Crippen LogP contribution in [0.25, 0.3) is 0 Å². The number of hydrogen-bond acceptors (Lipinski definition) is 3. The van der Waals surface area contributed by atoms with Crippen LogP contribution >= 0.6 is 31.9 Å². The molecule has 5 nitrogen and oxygen atoms in total. The first-order valence-electron chi connectivity index (χ1n) is 11.6. The van der Waals surface area contributed by atoms with Gasteiger partial charge in [-0.05, 0) is 54.3 Å². The molecule has 35 heavy (non-hydrogen) atoms. The second-order valence-corrected chi connectivity index (χ2v) is 10.9. The fraction of sp³-hybridized carbons (Fsp3) is 0.250. The van der Waals surface area contributed by atoms with Crippen LogP contribution in [0.5, 0.6) is 0 Å². The summed E-state index contributed by atoms with van der Waals surface area (Å²) in [6.07, 6.45) is 0.365. The van der Waals surface area contributed by atoms with E-state index in [0.717, 1.165) is 31.3 Å². The van der Waals surface area contributed by atoms with Crippen molar-refractivity contribution in [3.05, 3.63) is 98.4 Å². The number of imide groups is 1. The van der Waals surface area contributed by atoms with Gasteiger partial charge in [0.25, 0.3) is 0 Å². The maximum Gasteiger partial charge on any atom is 0.239 e. The number of hydrogen-bond donors (Lipinski definition) is 0. The van der Waals surface area contributed by atoms with Gasteiger partial charge < -0.3 is 4.90 Å². The van der Waals surface area contributed by atoms with Crippen molar-refractivity contribution in [2.24, 2.45) is 5.92 Å². The topological polar surface area (TPSA) is 57.7 Å². The predicted molar refractivity (Wildman–Crippen MR) is 142 cm³/mol. The van der Waals surface area contributed by atoms with Crippen molar-refractivity contribution >= 4 is 55.3 Å². The molecule has 1 saturated heterocycles. The van der Waals surface area contributed by atoms with Crippen LogP contribution in [-0.2, 0) is 32.8 Å². The van der Waals surface area contributed by atoms with Gasteiger partial charge in [-0.15, -0.1) is 0 Å². The summed E-state index contributed by atoms with van der Waals surface area (Å²) in [5.41, 5.74) is 2.34. The highest BCUT2D eigenvalue weighted by Gasteiger charge is 2.61. The second-order valence-electron chi connectivity index (χ2n) is 9.05. The predicted octanol–water partition coefficient (Wildman–Crippen LogP) is 5.63. The average molecular weight is 596 g/mol. The molecule has 0 aromatic heterocycles. The number of benzene rings is 3. The summed E-state index contributed by atoms with van der Waals surface area (Å²) in [4.78, 5) is 44.0. The van der Waals surface area contributed by atoms with Crippen LogP contribution in [0.4, 0.5) is 5.69 Å². The first-order valence-corrected chi connectivity index (χ1v) is 13.2. The summed E-state index contributed by atoms with van der Waals surface area (Å²) < 4.78 is 1.79. The molecule has 0 bridgehead atoms. The smallest absolute Gasteiger partial charge is 0.239 e. The van der Waals surface area contributed by atoms with Crippen molar-refractivity contribution in [1.29, 1.82) is 0 Å². The molecule has 178 valence electrons. The molecule has 0 radical (unpaired) electrons. The van der Waals surface area contributed by atoms with Crippen LogP contribution in [-0.4, -0.2) is 29.2 Å². The fourth-order valence-corrected chi connectivity index (χ4v) is 6.06. The lowest BCUT2D eigenvalue weighted by molar-refractivity contribution is -0.141. The van der Waals surface area contributed by atoms with E-state index in [0.29, 0.717) is 19.5 Å². The van der Waals surface area contributed by atoms with Gasteiger partial charge in [0.2, 0.25) is 17.7 Å². The summed E-state index contributed by atoms with van der Waals surface area (Å²) in [6.45, 7) is 2.48. The first kappa shape index (κ1) is 23.9. The molecule has 3 aromatic rings. The summed E-state index contributed by atoms with van der Waals surface area (Å²) >= 11 is 7.04. The summed E-state index contributed by atoms with van der Waals surface area (Å²) in [6, 6.07) is 23.4. The van der Waals surface area contributed by atoms with Gasteiger partial charge >= 0.3 is 0 Å². The van der Waals surface area contributed by atoms with Gasteiger partial charge in [0.15, 0.2) is 0 Å². The molecular weight excluding hydrogens is 572 g/mol. The third kappa shape index (κ3) is 4.04. The van der Waals surface area contributed by atoms with Crippen LogP contribution in [0.1, 0.15) is 30.0 Å². The number of carbonyl (C=O) groups excluding carboxylic acids is 3. The van der Waals surface area contributed by atoms with Gasteiger partial charge in [0.05, 0.1) is 17.9 Å². The minimum Gasteiger partial charge on any atom is -0.307 e. The summed E-state index contributed by atoms with van der Waals surface area (Å²) in [7, 11) is 0. The third-order valence-electron chi connectivity index (χ3n) is 7.09. The largest absolute Gasteiger partial charge is 0.307 e. The fourth-order valence-electron chi connectivity index (χ4n) is 5.45. The molecular formula is C28H24Br2N2O3. The van der Waals surface area contributed by atoms with Crippen LogP contribution in [0.15, 0.2) is 81.7 Å². The molecule has 0 N–H and O–H groups in total. The molecule has 5 rings (SSSR count). The first-order chi connectivity index (χ1) is 16.8. The molecule has 0 aliphatic carbocycles. The standard InChI is InChI=1S/C28H24Br2N2O3/c1-2-31-25(33)15-23(26(31)34)28(16-18-8-10-20(29)11-9-18)22-13-12-21(30)14-24(22)32(27(28)35)17-19-6-4-3-5-7-19/h3-14,23H,2,15-17H2,1H3/t23-,28+/m0/s1. The van der Waals surface area contributed by atoms with Crippen molar-refractivity contribution in [1.82, 2.24) is 4.90 Å². The lowest BCUT2D eigenvalue weighted by Crippen LogP contribution is -2.49. The van der Waals surface area contributed by atoms with Crippen LogP contribution in [0, 0.1) is 5.92 Å². The minimum absolute atomic E-state index is 0.0314. The zero-order chi connectivity index (χ0) is 24.7. The van der Waals surface area contributed by atoms with Crippen molar-refractivity contribution < 1.29 is 14.4 Å². The Morgan fingerprint density at radius 1 is 0.857 bits per heavy atom. The normalized spacial score (nSPS) is 21.7. The molecule has 1 fully saturated rings. The third-order valence-corrected chi connectivity index (χ3v) is 8.11. The minimum atomic E-state index is -1.17. The number of amides is 3. The summed E-state index contributed by atoms with van der Waals surface area (Å²) in [5, 5.41) is 0. The maximum absolute atomic E-state index is 14.5. The van der Waals surface area contributed by atoms with Crippen molar-refractivity contribution in [2.45, 2.75) is 31.7 Å². The Bertz CT molecular complexity index is 1310. The highest BCUT2D eigenvalue weighted by Crippen LogP contribution is 2.52.